The van der Waals surface area contributed by atoms with Gasteiger partial charge >= 0.3 is 0 Å². The van der Waals surface area contributed by atoms with Gasteiger partial charge in [0.05, 0.1) is 5.69 Å². The monoisotopic (exact) mass is 232 g/mol. The molecule has 0 spiro atoms. The third kappa shape index (κ3) is 1.74. The predicted molar refractivity (Wildman–Crippen MR) is 65.6 cm³/mol. The molecule has 0 amide bonds. The van der Waals surface area contributed by atoms with Crippen LogP contribution in [0.4, 0.5) is 0 Å². The molecule has 0 bridgehead atoms. The molecule has 1 fully saturated rings. The van der Waals surface area contributed by atoms with Crippen LogP contribution < -0.4 is 0 Å². The van der Waals surface area contributed by atoms with Gasteiger partial charge in [0.2, 0.25) is 0 Å². The summed E-state index contributed by atoms with van der Waals surface area (Å²) in [5, 5.41) is 8.25. The molecule has 1 aliphatic carbocycles. The molecule has 0 radical (unpaired) electrons. The highest BCUT2D eigenvalue weighted by molar-refractivity contribution is 6.30. The van der Waals surface area contributed by atoms with Gasteiger partial charge in [-0.2, -0.15) is 5.10 Å². The minimum Gasteiger partial charge on any atom is -0.282 e. The van der Waals surface area contributed by atoms with E-state index in [-0.39, 0.29) is 0 Å². The third-order valence-electron chi connectivity index (χ3n) is 3.28. The zero-order valence-corrected chi connectivity index (χ0v) is 9.67. The van der Waals surface area contributed by atoms with E-state index in [9.17, 15) is 0 Å². The van der Waals surface area contributed by atoms with E-state index in [1.807, 2.05) is 24.3 Å². The van der Waals surface area contributed by atoms with Crippen molar-refractivity contribution in [1.29, 1.82) is 0 Å². The molecule has 1 heterocycles. The van der Waals surface area contributed by atoms with Crippen LogP contribution in [0, 0.1) is 0 Å². The molecule has 0 saturated heterocycles. The average molecular weight is 233 g/mol. The number of aromatic nitrogens is 2. The van der Waals surface area contributed by atoms with Crippen LogP contribution in [0.15, 0.2) is 30.3 Å². The first-order valence-corrected chi connectivity index (χ1v) is 6.02. The van der Waals surface area contributed by atoms with Crippen molar-refractivity contribution in [2.24, 2.45) is 0 Å². The van der Waals surface area contributed by atoms with Gasteiger partial charge in [0.15, 0.2) is 0 Å². The van der Waals surface area contributed by atoms with Crippen molar-refractivity contribution in [2.45, 2.75) is 25.2 Å². The number of rotatable bonds is 2. The fraction of sp³-hybridized carbons (Fsp3) is 0.308. The molecule has 16 heavy (non-hydrogen) atoms. The maximum atomic E-state index is 5.86. The van der Waals surface area contributed by atoms with Crippen molar-refractivity contribution in [3.8, 4) is 11.3 Å². The Kier molecular flexibility index (Phi) is 2.44. The van der Waals surface area contributed by atoms with Gasteiger partial charge in [-0.05, 0) is 31.0 Å². The highest BCUT2D eigenvalue weighted by Gasteiger charge is 2.21. The summed E-state index contributed by atoms with van der Waals surface area (Å²) in [6, 6.07) is 9.96. The number of halogens is 1. The van der Waals surface area contributed by atoms with Crippen LogP contribution >= 0.6 is 11.6 Å². The fourth-order valence-electron chi connectivity index (χ4n) is 2.03. The first-order chi connectivity index (χ1) is 7.83. The van der Waals surface area contributed by atoms with Crippen LogP contribution in [0.2, 0.25) is 5.02 Å². The molecule has 3 heteroatoms. The third-order valence-corrected chi connectivity index (χ3v) is 3.53. The Balaban J connectivity index is 1.88. The summed E-state index contributed by atoms with van der Waals surface area (Å²) in [7, 11) is 0. The number of nitrogens with one attached hydrogen (secondary N) is 1. The van der Waals surface area contributed by atoms with Crippen molar-refractivity contribution in [1.82, 2.24) is 10.2 Å². The standard InChI is InChI=1S/C13H13ClN2/c14-11-6-4-10(5-7-11)13-8-12(15-16-13)9-2-1-3-9/h4-9H,1-3H2,(H,15,16). The molecular formula is C13H13ClN2. The first-order valence-electron chi connectivity index (χ1n) is 5.64. The molecule has 2 nitrogen and oxygen atoms in total. The number of nitrogens with zero attached hydrogens (tertiary/aromatic N) is 1. The van der Waals surface area contributed by atoms with E-state index in [1.165, 1.54) is 25.0 Å². The number of hydrogen-bond donors (Lipinski definition) is 1. The molecule has 2 aromatic rings. The summed E-state index contributed by atoms with van der Waals surface area (Å²) in [5.74, 6) is 0.702. The van der Waals surface area contributed by atoms with E-state index in [0.29, 0.717) is 5.92 Å². The molecule has 1 aromatic carbocycles. The maximum absolute atomic E-state index is 5.86. The Labute approximate surface area is 99.6 Å². The number of H-pyrrole nitrogens is 1. The Morgan fingerprint density at radius 1 is 1.19 bits per heavy atom. The van der Waals surface area contributed by atoms with Gasteiger partial charge in [0.1, 0.15) is 0 Å². The minimum atomic E-state index is 0.702. The van der Waals surface area contributed by atoms with Gasteiger partial charge in [-0.1, -0.05) is 30.2 Å². The van der Waals surface area contributed by atoms with E-state index in [1.54, 1.807) is 0 Å². The second-order valence-electron chi connectivity index (χ2n) is 4.34. The zero-order valence-electron chi connectivity index (χ0n) is 8.91. The van der Waals surface area contributed by atoms with E-state index in [2.05, 4.69) is 16.3 Å². The van der Waals surface area contributed by atoms with Gasteiger partial charge in [-0.3, -0.25) is 5.10 Å². The summed E-state index contributed by atoms with van der Waals surface area (Å²) in [6.45, 7) is 0. The number of hydrogen-bond acceptors (Lipinski definition) is 1. The van der Waals surface area contributed by atoms with E-state index < -0.39 is 0 Å². The molecule has 0 atom stereocenters. The highest BCUT2D eigenvalue weighted by atomic mass is 35.5. The number of aromatic amines is 1. The van der Waals surface area contributed by atoms with Crippen molar-refractivity contribution >= 4 is 11.6 Å². The normalized spacial score (nSPS) is 16.1. The van der Waals surface area contributed by atoms with Crippen molar-refractivity contribution < 1.29 is 0 Å². The van der Waals surface area contributed by atoms with Gasteiger partial charge in [0.25, 0.3) is 0 Å². The average Bonchev–Trinajstić information content (AvgIpc) is 2.65. The predicted octanol–water partition coefficient (Wildman–Crippen LogP) is 4.00. The van der Waals surface area contributed by atoms with Crippen LogP contribution in [0.5, 0.6) is 0 Å². The highest BCUT2D eigenvalue weighted by Crippen LogP contribution is 2.36. The molecule has 1 aromatic heterocycles. The Morgan fingerprint density at radius 2 is 1.94 bits per heavy atom. The lowest BCUT2D eigenvalue weighted by molar-refractivity contribution is 0.410. The van der Waals surface area contributed by atoms with E-state index in [0.717, 1.165) is 16.3 Å². The van der Waals surface area contributed by atoms with Crippen LogP contribution in [0.1, 0.15) is 30.9 Å². The van der Waals surface area contributed by atoms with E-state index in [4.69, 9.17) is 11.6 Å². The lowest BCUT2D eigenvalue weighted by Crippen LogP contribution is -2.08. The Morgan fingerprint density at radius 3 is 2.56 bits per heavy atom. The summed E-state index contributed by atoms with van der Waals surface area (Å²) in [6.07, 6.45) is 3.93. The lowest BCUT2D eigenvalue weighted by Gasteiger charge is -2.23. The molecule has 1 aliphatic rings. The van der Waals surface area contributed by atoms with Crippen LogP contribution in [0.3, 0.4) is 0 Å². The smallest absolute Gasteiger partial charge is 0.0923 e. The summed E-state index contributed by atoms with van der Waals surface area (Å²) in [4.78, 5) is 0. The summed E-state index contributed by atoms with van der Waals surface area (Å²) < 4.78 is 0. The minimum absolute atomic E-state index is 0.702. The fourth-order valence-corrected chi connectivity index (χ4v) is 2.16. The number of benzene rings is 1. The van der Waals surface area contributed by atoms with Crippen molar-refractivity contribution in [2.75, 3.05) is 0 Å². The second kappa shape index (κ2) is 3.95. The molecular weight excluding hydrogens is 220 g/mol. The van der Waals surface area contributed by atoms with Gasteiger partial charge < -0.3 is 0 Å². The Hall–Kier alpha value is -1.28. The zero-order chi connectivity index (χ0) is 11.0. The van der Waals surface area contributed by atoms with E-state index >= 15 is 0 Å². The van der Waals surface area contributed by atoms with Crippen molar-refractivity contribution in [3.63, 3.8) is 0 Å². The molecule has 0 aliphatic heterocycles. The van der Waals surface area contributed by atoms with Gasteiger partial charge in [0, 0.05) is 22.2 Å². The van der Waals surface area contributed by atoms with Crippen LogP contribution in [0.25, 0.3) is 11.3 Å². The maximum Gasteiger partial charge on any atom is 0.0923 e. The molecule has 1 saturated carbocycles. The van der Waals surface area contributed by atoms with Crippen LogP contribution in [-0.4, -0.2) is 10.2 Å². The van der Waals surface area contributed by atoms with Gasteiger partial charge in [-0.15, -0.1) is 0 Å². The Bertz CT molecular complexity index is 483. The van der Waals surface area contributed by atoms with Crippen LogP contribution in [-0.2, 0) is 0 Å². The summed E-state index contributed by atoms with van der Waals surface area (Å²) >= 11 is 5.86. The second-order valence-corrected chi connectivity index (χ2v) is 4.78. The quantitative estimate of drug-likeness (QED) is 0.833. The largest absolute Gasteiger partial charge is 0.282 e. The molecule has 3 rings (SSSR count). The van der Waals surface area contributed by atoms with Crippen molar-refractivity contribution in [3.05, 3.63) is 41.0 Å². The molecule has 0 unspecified atom stereocenters. The first kappa shape index (κ1) is 9.91. The van der Waals surface area contributed by atoms with Gasteiger partial charge in [-0.25, -0.2) is 0 Å². The molecule has 82 valence electrons. The topological polar surface area (TPSA) is 28.7 Å². The summed E-state index contributed by atoms with van der Waals surface area (Å²) in [5.41, 5.74) is 3.40. The SMILES string of the molecule is Clc1ccc(-c2cc(C3CCC3)[nH]n2)cc1. The molecule has 1 N–H and O–H groups in total. The lowest BCUT2D eigenvalue weighted by atomic mass is 9.83.